The number of nitrogen functional groups attached to an aromatic ring is 1. The molecule has 0 aliphatic carbocycles. The predicted octanol–water partition coefficient (Wildman–Crippen LogP) is 2.08. The van der Waals surface area contributed by atoms with Crippen LogP contribution in [0.25, 0.3) is 10.8 Å². The topological polar surface area (TPSA) is 159 Å². The quantitative estimate of drug-likeness (QED) is 0.360. The number of alkyl halides is 3. The van der Waals surface area contributed by atoms with E-state index in [9.17, 15) is 36.3 Å². The summed E-state index contributed by atoms with van der Waals surface area (Å²) < 4.78 is 69.8. The first-order valence-electron chi connectivity index (χ1n) is 11.9. The number of nitrogens with two attached hydrogens (primary N) is 1. The molecule has 1 unspecified atom stereocenters. The summed E-state index contributed by atoms with van der Waals surface area (Å²) in [6, 6.07) is 0.524. The molecule has 16 heteroatoms. The molecule has 11 nitrogen and oxygen atoms in total. The Balaban J connectivity index is 1.38. The van der Waals surface area contributed by atoms with E-state index in [0.29, 0.717) is 10.5 Å². The minimum Gasteiger partial charge on any atom is -0.480 e. The van der Waals surface area contributed by atoms with Crippen molar-refractivity contribution in [1.82, 2.24) is 19.6 Å². The van der Waals surface area contributed by atoms with Crippen LogP contribution in [0, 0.1) is 0 Å². The lowest BCUT2D eigenvalue weighted by Crippen LogP contribution is -2.48. The van der Waals surface area contributed by atoms with Crippen LogP contribution in [0.4, 0.5) is 24.1 Å². The van der Waals surface area contributed by atoms with Crippen molar-refractivity contribution in [2.24, 2.45) is 0 Å². The molecule has 2 saturated heterocycles. The molecule has 1 amide bonds. The summed E-state index contributed by atoms with van der Waals surface area (Å²) in [5.74, 6) is -2.46. The number of aromatic nitrogens is 2. The highest BCUT2D eigenvalue weighted by molar-refractivity contribution is 7.91. The third-order valence-electron chi connectivity index (χ3n) is 6.80. The molecular formula is C23H23F3N6O5S2. The van der Waals surface area contributed by atoms with E-state index in [0.717, 1.165) is 41.8 Å². The Kier molecular flexibility index (Phi) is 6.88. The van der Waals surface area contributed by atoms with Crippen LogP contribution in [0.5, 0.6) is 0 Å². The van der Waals surface area contributed by atoms with Crippen LogP contribution in [0.15, 0.2) is 34.8 Å². The number of carbonyl (C=O) groups is 2. The number of carboxylic acid groups (broad SMARTS) is 1. The number of anilines is 2. The summed E-state index contributed by atoms with van der Waals surface area (Å²) in [5, 5.41) is 10.8. The molecular weight excluding hydrogens is 561 g/mol. The van der Waals surface area contributed by atoms with Gasteiger partial charge in [-0.2, -0.15) is 17.9 Å². The summed E-state index contributed by atoms with van der Waals surface area (Å²) in [6.45, 7) is 1.38. The number of benzene rings is 1. The first kappa shape index (κ1) is 27.1. The van der Waals surface area contributed by atoms with E-state index >= 15 is 0 Å². The lowest BCUT2D eigenvalue weighted by molar-refractivity contribution is -0.149. The Bertz CT molecular complexity index is 1560. The minimum absolute atomic E-state index is 0.0499. The van der Waals surface area contributed by atoms with Crippen molar-refractivity contribution in [1.29, 1.82) is 0 Å². The number of halogens is 3. The van der Waals surface area contributed by atoms with Crippen molar-refractivity contribution in [2.75, 3.05) is 30.3 Å². The Labute approximate surface area is 224 Å². The van der Waals surface area contributed by atoms with E-state index in [2.05, 4.69) is 14.7 Å². The standard InChI is InChI=1S/C23H23F3N6O5S2/c24-23(25,26)15-10-14-12(2-4-28-19(14)27)8-13(15)9-17(21(34)35)32-7-3-16(20(32)33)30-39(36,37)18-11-29-22(38-18)31-5-1-6-31/h2,4,8,10-11,16-17,30H,1,3,5-7,9H2,(H2,27,28)(H,34,35)/t16-,17?/m0/s1. The average Bonchev–Trinajstić information content (AvgIpc) is 3.43. The summed E-state index contributed by atoms with van der Waals surface area (Å²) in [5.41, 5.74) is 4.30. The van der Waals surface area contributed by atoms with Crippen LogP contribution in [-0.4, -0.2) is 72.0 Å². The minimum atomic E-state index is -4.83. The van der Waals surface area contributed by atoms with Gasteiger partial charge in [0.25, 0.3) is 10.0 Å². The molecule has 0 spiro atoms. The number of thiazole rings is 1. The molecule has 208 valence electrons. The maximum atomic E-state index is 13.9. The zero-order valence-electron chi connectivity index (χ0n) is 20.2. The second kappa shape index (κ2) is 9.91. The molecule has 2 atom stereocenters. The van der Waals surface area contributed by atoms with Crippen molar-refractivity contribution in [2.45, 2.75) is 41.7 Å². The lowest BCUT2D eigenvalue weighted by atomic mass is 9.95. The highest BCUT2D eigenvalue weighted by Gasteiger charge is 2.43. The van der Waals surface area contributed by atoms with Gasteiger partial charge in [-0.3, -0.25) is 4.79 Å². The van der Waals surface area contributed by atoms with Crippen molar-refractivity contribution < 1.29 is 36.3 Å². The first-order valence-corrected chi connectivity index (χ1v) is 14.2. The van der Waals surface area contributed by atoms with Gasteiger partial charge in [-0.05, 0) is 35.9 Å². The van der Waals surface area contributed by atoms with E-state index in [4.69, 9.17) is 5.73 Å². The summed E-state index contributed by atoms with van der Waals surface area (Å²) in [7, 11) is -4.14. The van der Waals surface area contributed by atoms with Crippen molar-refractivity contribution >= 4 is 55.0 Å². The van der Waals surface area contributed by atoms with E-state index in [1.165, 1.54) is 24.5 Å². The van der Waals surface area contributed by atoms with Gasteiger partial charge in [-0.25, -0.2) is 23.2 Å². The Morgan fingerprint density at radius 1 is 1.26 bits per heavy atom. The molecule has 0 bridgehead atoms. The SMILES string of the molecule is Nc1nccc2cc(CC(C(=O)O)N3CC[C@H](NS(=O)(=O)c4cnc(N5CCC5)s4)C3=O)c(C(F)(F)F)cc12. The van der Waals surface area contributed by atoms with Crippen LogP contribution in [0.3, 0.4) is 0 Å². The van der Waals surface area contributed by atoms with Gasteiger partial charge in [0.2, 0.25) is 5.91 Å². The van der Waals surface area contributed by atoms with Crippen molar-refractivity contribution in [3.05, 3.63) is 41.7 Å². The predicted molar refractivity (Wildman–Crippen MR) is 136 cm³/mol. The molecule has 5 rings (SSSR count). The van der Waals surface area contributed by atoms with E-state index in [1.54, 1.807) is 0 Å². The van der Waals surface area contributed by atoms with Gasteiger partial charge in [0.1, 0.15) is 17.9 Å². The summed E-state index contributed by atoms with van der Waals surface area (Å²) in [6.07, 6.45) is -2.04. The molecule has 39 heavy (non-hydrogen) atoms. The number of aliphatic carboxylic acids is 1. The normalized spacial score (nSPS) is 18.9. The summed E-state index contributed by atoms with van der Waals surface area (Å²) in [4.78, 5) is 36.0. The van der Waals surface area contributed by atoms with Gasteiger partial charge in [-0.15, -0.1) is 0 Å². The van der Waals surface area contributed by atoms with Crippen molar-refractivity contribution in [3.63, 3.8) is 0 Å². The fourth-order valence-corrected chi connectivity index (χ4v) is 7.07. The maximum Gasteiger partial charge on any atom is 0.416 e. The van der Waals surface area contributed by atoms with Gasteiger partial charge >= 0.3 is 12.1 Å². The fourth-order valence-electron chi connectivity index (χ4n) is 4.66. The number of amides is 1. The molecule has 4 heterocycles. The number of nitrogens with one attached hydrogen (secondary N) is 1. The molecule has 2 aromatic heterocycles. The van der Waals surface area contributed by atoms with Gasteiger partial charge in [0, 0.05) is 37.6 Å². The fraction of sp³-hybridized carbons (Fsp3) is 0.391. The third kappa shape index (κ3) is 5.23. The smallest absolute Gasteiger partial charge is 0.416 e. The Hall–Kier alpha value is -3.50. The van der Waals surface area contributed by atoms with Crippen molar-refractivity contribution in [3.8, 4) is 0 Å². The van der Waals surface area contributed by atoms with Gasteiger partial charge < -0.3 is 20.6 Å². The summed E-state index contributed by atoms with van der Waals surface area (Å²) >= 11 is 0.953. The van der Waals surface area contributed by atoms with Crippen LogP contribution < -0.4 is 15.4 Å². The first-order chi connectivity index (χ1) is 18.3. The largest absolute Gasteiger partial charge is 0.480 e. The number of nitrogens with zero attached hydrogens (tertiary/aromatic N) is 4. The zero-order valence-corrected chi connectivity index (χ0v) is 21.8. The molecule has 3 aromatic rings. The number of carboxylic acids is 1. The zero-order chi connectivity index (χ0) is 28.1. The van der Waals surface area contributed by atoms with Crippen LogP contribution in [-0.2, 0) is 32.2 Å². The second-order valence-electron chi connectivity index (χ2n) is 9.28. The number of carbonyl (C=O) groups excluding carboxylic acids is 1. The van der Waals surface area contributed by atoms with E-state index < -0.39 is 52.1 Å². The third-order valence-corrected chi connectivity index (χ3v) is 9.79. The highest BCUT2D eigenvalue weighted by atomic mass is 32.2. The number of pyridine rings is 1. The lowest BCUT2D eigenvalue weighted by Gasteiger charge is -2.30. The molecule has 2 fully saturated rings. The molecule has 2 aliphatic heterocycles. The van der Waals surface area contributed by atoms with Gasteiger partial charge in [-0.1, -0.05) is 17.4 Å². The van der Waals surface area contributed by atoms with Crippen LogP contribution in [0.1, 0.15) is 24.0 Å². The van der Waals surface area contributed by atoms with E-state index in [-0.39, 0.29) is 33.9 Å². The number of hydrogen-bond donors (Lipinski definition) is 3. The molecule has 2 aliphatic rings. The number of rotatable bonds is 8. The molecule has 4 N–H and O–H groups in total. The van der Waals surface area contributed by atoms with Crippen LogP contribution >= 0.6 is 11.3 Å². The Morgan fingerprint density at radius 2 is 2.00 bits per heavy atom. The van der Waals surface area contributed by atoms with Gasteiger partial charge in [0.15, 0.2) is 9.34 Å². The molecule has 0 radical (unpaired) electrons. The number of likely N-dealkylation sites (tertiary alicyclic amines) is 1. The monoisotopic (exact) mass is 584 g/mol. The number of sulfonamides is 1. The van der Waals surface area contributed by atoms with E-state index in [1.807, 2.05) is 4.90 Å². The maximum absolute atomic E-state index is 13.9. The number of hydrogen-bond acceptors (Lipinski definition) is 9. The molecule has 0 saturated carbocycles. The number of fused-ring (bicyclic) bond motifs is 1. The average molecular weight is 585 g/mol. The second-order valence-corrected chi connectivity index (χ2v) is 12.2. The molecule has 1 aromatic carbocycles. The highest BCUT2D eigenvalue weighted by Crippen LogP contribution is 2.37. The Morgan fingerprint density at radius 3 is 2.64 bits per heavy atom. The van der Waals surface area contributed by atoms with Crippen LogP contribution in [0.2, 0.25) is 0 Å². The van der Waals surface area contributed by atoms with Gasteiger partial charge in [0.05, 0.1) is 11.8 Å².